The van der Waals surface area contributed by atoms with E-state index in [1.165, 1.54) is 12.0 Å². The van der Waals surface area contributed by atoms with Gasteiger partial charge in [0.05, 0.1) is 19.2 Å². The van der Waals surface area contributed by atoms with Gasteiger partial charge in [0.1, 0.15) is 11.3 Å². The number of carbonyl (C=O) groups excluding carboxylic acids is 2. The Balaban J connectivity index is 1.89. The molecule has 0 fully saturated rings. The van der Waals surface area contributed by atoms with Crippen molar-refractivity contribution in [1.82, 2.24) is 10.1 Å². The van der Waals surface area contributed by atoms with Crippen molar-refractivity contribution in [3.05, 3.63) is 47.7 Å². The molecule has 1 aliphatic rings. The molecule has 0 atom stereocenters. The van der Waals surface area contributed by atoms with Crippen LogP contribution in [0.3, 0.4) is 0 Å². The van der Waals surface area contributed by atoms with Crippen LogP contribution < -0.4 is 0 Å². The first kappa shape index (κ1) is 19.7. The van der Waals surface area contributed by atoms with Crippen LogP contribution in [0.1, 0.15) is 33.0 Å². The van der Waals surface area contributed by atoms with Crippen molar-refractivity contribution >= 4 is 17.6 Å². The smallest absolute Gasteiger partial charge is 0.410 e. The van der Waals surface area contributed by atoms with Gasteiger partial charge in [-0.1, -0.05) is 35.5 Å². The third kappa shape index (κ3) is 4.42. The number of ether oxygens (including phenoxy) is 2. The van der Waals surface area contributed by atoms with Crippen LogP contribution in [0.4, 0.5) is 4.79 Å². The van der Waals surface area contributed by atoms with Crippen molar-refractivity contribution in [3.8, 4) is 11.3 Å². The average Bonchev–Trinajstić information content (AvgIpc) is 3.16. The normalized spacial score (nSPS) is 14.8. The maximum absolute atomic E-state index is 12.4. The second-order valence-electron chi connectivity index (χ2n) is 7.54. The van der Waals surface area contributed by atoms with Crippen molar-refractivity contribution in [1.29, 1.82) is 0 Å². The summed E-state index contributed by atoms with van der Waals surface area (Å²) >= 11 is 0. The quantitative estimate of drug-likeness (QED) is 0.746. The number of carbonyl (C=O) groups is 2. The lowest BCUT2D eigenvalue weighted by atomic mass is 9.97. The van der Waals surface area contributed by atoms with Crippen molar-refractivity contribution in [2.75, 3.05) is 20.2 Å². The maximum atomic E-state index is 12.4. The molecule has 1 aromatic heterocycles. The van der Waals surface area contributed by atoms with Crippen LogP contribution in [0, 0.1) is 0 Å². The number of rotatable bonds is 3. The molecule has 3 rings (SSSR count). The number of esters is 1. The van der Waals surface area contributed by atoms with Gasteiger partial charge in [-0.3, -0.25) is 0 Å². The van der Waals surface area contributed by atoms with Crippen LogP contribution in [0.2, 0.25) is 0 Å². The lowest BCUT2D eigenvalue weighted by Gasteiger charge is -2.31. The number of hydrogen-bond donors (Lipinski definition) is 0. The molecule has 2 aromatic rings. The van der Waals surface area contributed by atoms with Gasteiger partial charge in [0, 0.05) is 23.7 Å². The van der Waals surface area contributed by atoms with Crippen molar-refractivity contribution in [3.63, 3.8) is 0 Å². The number of hydrogen-bond acceptors (Lipinski definition) is 6. The molecule has 0 aliphatic carbocycles. The largest absolute Gasteiger partial charge is 0.466 e. The molecule has 0 radical (unpaired) electrons. The molecule has 0 N–H and O–H groups in total. The van der Waals surface area contributed by atoms with E-state index in [4.69, 9.17) is 14.0 Å². The summed E-state index contributed by atoms with van der Waals surface area (Å²) in [5.74, 6) is 0.00371. The van der Waals surface area contributed by atoms with E-state index < -0.39 is 17.7 Å². The second kappa shape index (κ2) is 7.88. The van der Waals surface area contributed by atoms with Gasteiger partial charge in [-0.2, -0.15) is 0 Å². The highest BCUT2D eigenvalue weighted by atomic mass is 16.6. The van der Waals surface area contributed by atoms with Crippen molar-refractivity contribution in [2.24, 2.45) is 0 Å². The van der Waals surface area contributed by atoms with E-state index in [0.29, 0.717) is 35.6 Å². The SMILES string of the molecule is COC(=O)C1=C(c2cc(-c3ccccc3)no2)CCN(C(=O)OC(C)(C)C)C1. The Morgan fingerprint density at radius 1 is 1.18 bits per heavy atom. The van der Waals surface area contributed by atoms with Gasteiger partial charge in [0.2, 0.25) is 0 Å². The number of amides is 1. The van der Waals surface area contributed by atoms with E-state index in [0.717, 1.165) is 5.56 Å². The summed E-state index contributed by atoms with van der Waals surface area (Å²) in [5.41, 5.74) is 2.06. The first-order valence-electron chi connectivity index (χ1n) is 9.09. The van der Waals surface area contributed by atoms with Crippen LogP contribution in [0.15, 0.2) is 46.5 Å². The lowest BCUT2D eigenvalue weighted by Crippen LogP contribution is -2.41. The zero-order valence-corrected chi connectivity index (χ0v) is 16.5. The van der Waals surface area contributed by atoms with E-state index >= 15 is 0 Å². The van der Waals surface area contributed by atoms with E-state index in [2.05, 4.69) is 5.16 Å². The van der Waals surface area contributed by atoms with Gasteiger partial charge in [-0.05, 0) is 27.2 Å². The predicted molar refractivity (Wildman–Crippen MR) is 103 cm³/mol. The molecule has 0 unspecified atom stereocenters. The van der Waals surface area contributed by atoms with E-state index in [1.807, 2.05) is 30.3 Å². The molecule has 148 valence electrons. The van der Waals surface area contributed by atoms with Gasteiger partial charge in [0.25, 0.3) is 0 Å². The Hall–Kier alpha value is -3.09. The fourth-order valence-electron chi connectivity index (χ4n) is 2.99. The van der Waals surface area contributed by atoms with Gasteiger partial charge in [-0.15, -0.1) is 0 Å². The zero-order valence-electron chi connectivity index (χ0n) is 16.5. The third-order valence-corrected chi connectivity index (χ3v) is 4.31. The van der Waals surface area contributed by atoms with Crippen LogP contribution in [-0.2, 0) is 14.3 Å². The molecule has 1 amide bonds. The molecule has 0 saturated heterocycles. The van der Waals surface area contributed by atoms with E-state index in [9.17, 15) is 9.59 Å². The Labute approximate surface area is 163 Å². The Morgan fingerprint density at radius 3 is 2.54 bits per heavy atom. The number of nitrogens with zero attached hydrogens (tertiary/aromatic N) is 2. The van der Waals surface area contributed by atoms with Gasteiger partial charge < -0.3 is 18.9 Å². The first-order chi connectivity index (χ1) is 13.3. The van der Waals surface area contributed by atoms with Crippen molar-refractivity contribution < 1.29 is 23.6 Å². The van der Waals surface area contributed by atoms with E-state index in [1.54, 1.807) is 26.8 Å². The molecule has 0 bridgehead atoms. The monoisotopic (exact) mass is 384 g/mol. The molecule has 7 heteroatoms. The summed E-state index contributed by atoms with van der Waals surface area (Å²) in [5, 5.41) is 4.12. The molecule has 7 nitrogen and oxygen atoms in total. The second-order valence-corrected chi connectivity index (χ2v) is 7.54. The maximum Gasteiger partial charge on any atom is 0.410 e. The van der Waals surface area contributed by atoms with Crippen LogP contribution in [0.5, 0.6) is 0 Å². The molecule has 0 saturated carbocycles. The molecule has 2 heterocycles. The lowest BCUT2D eigenvalue weighted by molar-refractivity contribution is -0.136. The number of benzene rings is 1. The Morgan fingerprint density at radius 2 is 1.89 bits per heavy atom. The van der Waals surface area contributed by atoms with Gasteiger partial charge >= 0.3 is 12.1 Å². The average molecular weight is 384 g/mol. The minimum absolute atomic E-state index is 0.0955. The van der Waals surface area contributed by atoms with Crippen LogP contribution in [-0.4, -0.2) is 47.9 Å². The Kier molecular flexibility index (Phi) is 5.53. The fraction of sp³-hybridized carbons (Fsp3) is 0.381. The minimum Gasteiger partial charge on any atom is -0.466 e. The molecular formula is C21H24N2O5. The van der Waals surface area contributed by atoms with E-state index in [-0.39, 0.29) is 6.54 Å². The Bertz CT molecular complexity index is 893. The molecule has 28 heavy (non-hydrogen) atoms. The standard InChI is InChI=1S/C21H24N2O5/c1-21(2,3)27-20(25)23-11-10-15(16(13-23)19(24)26-4)18-12-17(22-28-18)14-8-6-5-7-9-14/h5-9,12H,10-11,13H2,1-4H3. The summed E-state index contributed by atoms with van der Waals surface area (Å²) in [7, 11) is 1.31. The van der Waals surface area contributed by atoms with Crippen LogP contribution in [0.25, 0.3) is 16.8 Å². The zero-order chi connectivity index (χ0) is 20.3. The fourth-order valence-corrected chi connectivity index (χ4v) is 2.99. The predicted octanol–water partition coefficient (Wildman–Crippen LogP) is 3.91. The number of methoxy groups -OCH3 is 1. The summed E-state index contributed by atoms with van der Waals surface area (Å²) in [6.45, 7) is 5.91. The molecular weight excluding hydrogens is 360 g/mol. The summed E-state index contributed by atoms with van der Waals surface area (Å²) < 4.78 is 15.9. The first-order valence-corrected chi connectivity index (χ1v) is 9.09. The van der Waals surface area contributed by atoms with Gasteiger partial charge in [0.15, 0.2) is 5.76 Å². The topological polar surface area (TPSA) is 81.9 Å². The summed E-state index contributed by atoms with van der Waals surface area (Å²) in [6.07, 6.45) is -0.0249. The van der Waals surface area contributed by atoms with Gasteiger partial charge in [-0.25, -0.2) is 9.59 Å². The molecule has 0 spiro atoms. The summed E-state index contributed by atoms with van der Waals surface area (Å²) in [6, 6.07) is 11.4. The van der Waals surface area contributed by atoms with Crippen molar-refractivity contribution in [2.45, 2.75) is 32.8 Å². The third-order valence-electron chi connectivity index (χ3n) is 4.31. The highest BCUT2D eigenvalue weighted by Gasteiger charge is 2.32. The van der Waals surface area contributed by atoms with Crippen LogP contribution >= 0.6 is 0 Å². The molecule has 1 aliphatic heterocycles. The highest BCUT2D eigenvalue weighted by Crippen LogP contribution is 2.31. The number of aromatic nitrogens is 1. The highest BCUT2D eigenvalue weighted by molar-refractivity contribution is 5.98. The molecule has 1 aromatic carbocycles. The minimum atomic E-state index is -0.609. The summed E-state index contributed by atoms with van der Waals surface area (Å²) in [4.78, 5) is 26.3.